The summed E-state index contributed by atoms with van der Waals surface area (Å²) in [7, 11) is 1.80. The molecule has 144 valence electrons. The summed E-state index contributed by atoms with van der Waals surface area (Å²) in [6, 6.07) is 2.30. The van der Waals surface area contributed by atoms with Crippen LogP contribution in [0.2, 0.25) is 0 Å². The normalized spacial score (nSPS) is 17.2. The Bertz CT molecular complexity index is 706. The number of aromatic nitrogens is 5. The van der Waals surface area contributed by atoms with Crippen LogP contribution in [0.1, 0.15) is 50.2 Å². The minimum Gasteiger partial charge on any atom is -0.337 e. The molecule has 1 aliphatic rings. The average molecular weight is 382 g/mol. The zero-order valence-corrected chi connectivity index (χ0v) is 16.4. The van der Waals surface area contributed by atoms with Gasteiger partial charge in [-0.05, 0) is 39.3 Å². The lowest BCUT2D eigenvalue weighted by Crippen LogP contribution is -2.33. The zero-order chi connectivity index (χ0) is 17.8. The summed E-state index contributed by atoms with van der Waals surface area (Å²) in [5.74, 6) is 1.24. The number of piperidine rings is 1. The largest absolute Gasteiger partial charge is 0.337 e. The first-order valence-corrected chi connectivity index (χ1v) is 8.91. The van der Waals surface area contributed by atoms with Gasteiger partial charge in [-0.3, -0.25) is 9.48 Å². The van der Waals surface area contributed by atoms with Crippen LogP contribution in [0.25, 0.3) is 0 Å². The molecule has 0 radical (unpaired) electrons. The molecular formula is C17H28ClN7O. The van der Waals surface area contributed by atoms with Gasteiger partial charge in [0.15, 0.2) is 5.82 Å². The van der Waals surface area contributed by atoms with Crippen molar-refractivity contribution in [2.45, 2.75) is 51.7 Å². The van der Waals surface area contributed by atoms with Gasteiger partial charge in [0.05, 0.1) is 6.54 Å². The number of nitrogens with one attached hydrogen (secondary N) is 1. The van der Waals surface area contributed by atoms with Gasteiger partial charge in [-0.15, -0.1) is 22.6 Å². The van der Waals surface area contributed by atoms with Gasteiger partial charge in [-0.1, -0.05) is 0 Å². The summed E-state index contributed by atoms with van der Waals surface area (Å²) in [5.41, 5.74) is 1.14. The Labute approximate surface area is 160 Å². The molecule has 3 heterocycles. The fourth-order valence-electron chi connectivity index (χ4n) is 3.29. The van der Waals surface area contributed by atoms with Crippen LogP contribution in [-0.4, -0.2) is 55.5 Å². The lowest BCUT2D eigenvalue weighted by Gasteiger charge is -2.24. The lowest BCUT2D eigenvalue weighted by atomic mass is 9.96. The van der Waals surface area contributed by atoms with Gasteiger partial charge in [0.1, 0.15) is 12.9 Å². The summed E-state index contributed by atoms with van der Waals surface area (Å²) in [5, 5.41) is 15.9. The van der Waals surface area contributed by atoms with Gasteiger partial charge in [0.25, 0.3) is 0 Å². The van der Waals surface area contributed by atoms with Crippen molar-refractivity contribution in [3.05, 3.63) is 30.1 Å². The Kier molecular flexibility index (Phi) is 7.16. The number of likely N-dealkylation sites (N-methyl/N-ethyl adjacent to an activating group) is 1. The number of amides is 1. The maximum Gasteiger partial charge on any atom is 0.244 e. The number of carbonyl (C=O) groups is 1. The highest BCUT2D eigenvalue weighted by Crippen LogP contribution is 2.22. The van der Waals surface area contributed by atoms with Gasteiger partial charge < -0.3 is 14.8 Å². The number of carbonyl (C=O) groups excluding carboxylic acids is 1. The quantitative estimate of drug-likeness (QED) is 0.822. The third-order valence-electron chi connectivity index (χ3n) is 4.76. The standard InChI is InChI=1S/C17H27N7O.ClH/c1-13(2)23-12-19-21-16(23)10-22(3)17(25)11-24-15(6-8-20-24)14-5-4-7-18-9-14;/h6,8,12-14,18H,4-5,7,9-11H2,1-3H3;1H. The van der Waals surface area contributed by atoms with Crippen LogP contribution >= 0.6 is 12.4 Å². The number of halogens is 1. The van der Waals surface area contributed by atoms with E-state index in [4.69, 9.17) is 0 Å². The molecule has 2 aromatic rings. The number of rotatable bonds is 6. The van der Waals surface area contributed by atoms with Crippen LogP contribution in [0.15, 0.2) is 18.6 Å². The van der Waals surface area contributed by atoms with E-state index in [1.165, 1.54) is 0 Å². The minimum absolute atomic E-state index is 0. The highest BCUT2D eigenvalue weighted by molar-refractivity contribution is 5.85. The predicted octanol–water partition coefficient (Wildman–Crippen LogP) is 1.60. The second kappa shape index (κ2) is 9.14. The topological polar surface area (TPSA) is 80.9 Å². The van der Waals surface area contributed by atoms with Gasteiger partial charge in [0, 0.05) is 37.4 Å². The molecule has 2 aromatic heterocycles. The Balaban J connectivity index is 0.00000243. The maximum atomic E-state index is 12.6. The van der Waals surface area contributed by atoms with Gasteiger partial charge in [0.2, 0.25) is 5.91 Å². The first-order valence-electron chi connectivity index (χ1n) is 8.91. The van der Waals surface area contributed by atoms with Crippen LogP contribution in [0.4, 0.5) is 0 Å². The molecule has 26 heavy (non-hydrogen) atoms. The maximum absolute atomic E-state index is 12.6. The van der Waals surface area contributed by atoms with Crippen LogP contribution in [0.5, 0.6) is 0 Å². The highest BCUT2D eigenvalue weighted by Gasteiger charge is 2.21. The van der Waals surface area contributed by atoms with E-state index in [-0.39, 0.29) is 30.9 Å². The van der Waals surface area contributed by atoms with E-state index in [1.807, 2.05) is 15.3 Å². The molecule has 0 aromatic carbocycles. The van der Waals surface area contributed by atoms with E-state index >= 15 is 0 Å². The monoisotopic (exact) mass is 381 g/mol. The highest BCUT2D eigenvalue weighted by atomic mass is 35.5. The fraction of sp³-hybridized carbons (Fsp3) is 0.647. The Morgan fingerprint density at radius 2 is 2.27 bits per heavy atom. The minimum atomic E-state index is 0. The van der Waals surface area contributed by atoms with Gasteiger partial charge >= 0.3 is 0 Å². The smallest absolute Gasteiger partial charge is 0.244 e. The molecule has 8 nitrogen and oxygen atoms in total. The lowest BCUT2D eigenvalue weighted by molar-refractivity contribution is -0.131. The molecule has 1 saturated heterocycles. The summed E-state index contributed by atoms with van der Waals surface area (Å²) in [6.07, 6.45) is 5.79. The number of nitrogens with zero attached hydrogens (tertiary/aromatic N) is 6. The molecule has 1 atom stereocenters. The van der Waals surface area contributed by atoms with Crippen LogP contribution in [-0.2, 0) is 17.9 Å². The van der Waals surface area contributed by atoms with E-state index < -0.39 is 0 Å². The molecular weight excluding hydrogens is 354 g/mol. The zero-order valence-electron chi connectivity index (χ0n) is 15.6. The molecule has 0 aliphatic carbocycles. The molecule has 1 aliphatic heterocycles. The van der Waals surface area contributed by atoms with Crippen LogP contribution in [0.3, 0.4) is 0 Å². The van der Waals surface area contributed by atoms with Crippen molar-refractivity contribution in [1.82, 2.24) is 34.8 Å². The molecule has 0 bridgehead atoms. The van der Waals surface area contributed by atoms with E-state index in [0.29, 0.717) is 12.5 Å². The Morgan fingerprint density at radius 1 is 1.46 bits per heavy atom. The first kappa shape index (κ1) is 20.4. The van der Waals surface area contributed by atoms with E-state index in [1.54, 1.807) is 24.5 Å². The van der Waals surface area contributed by atoms with Crippen molar-refractivity contribution in [2.75, 3.05) is 20.1 Å². The molecule has 1 amide bonds. The fourth-order valence-corrected chi connectivity index (χ4v) is 3.29. The molecule has 1 fully saturated rings. The molecule has 0 spiro atoms. The van der Waals surface area contributed by atoms with Gasteiger partial charge in [-0.25, -0.2) is 0 Å². The van der Waals surface area contributed by atoms with Crippen molar-refractivity contribution >= 4 is 18.3 Å². The molecule has 3 rings (SSSR count). The van der Waals surface area contributed by atoms with Crippen molar-refractivity contribution in [3.8, 4) is 0 Å². The van der Waals surface area contributed by atoms with Crippen molar-refractivity contribution in [3.63, 3.8) is 0 Å². The molecule has 1 N–H and O–H groups in total. The first-order chi connectivity index (χ1) is 12.1. The van der Waals surface area contributed by atoms with Crippen molar-refractivity contribution in [1.29, 1.82) is 0 Å². The third-order valence-corrected chi connectivity index (χ3v) is 4.76. The Hall–Kier alpha value is -1.93. The Morgan fingerprint density at radius 3 is 2.96 bits per heavy atom. The van der Waals surface area contributed by atoms with Crippen molar-refractivity contribution in [2.24, 2.45) is 0 Å². The van der Waals surface area contributed by atoms with E-state index in [9.17, 15) is 4.79 Å². The molecule has 1 unspecified atom stereocenters. The van der Waals surface area contributed by atoms with Crippen LogP contribution < -0.4 is 5.32 Å². The third kappa shape index (κ3) is 4.62. The number of hydrogen-bond donors (Lipinski definition) is 1. The van der Waals surface area contributed by atoms with Crippen LogP contribution in [0, 0.1) is 0 Å². The molecule has 9 heteroatoms. The predicted molar refractivity (Wildman–Crippen MR) is 101 cm³/mol. The van der Waals surface area contributed by atoms with E-state index in [0.717, 1.165) is 37.4 Å². The number of hydrogen-bond acceptors (Lipinski definition) is 5. The van der Waals surface area contributed by atoms with Crippen molar-refractivity contribution < 1.29 is 4.79 Å². The second-order valence-electron chi connectivity index (χ2n) is 6.95. The second-order valence-corrected chi connectivity index (χ2v) is 6.95. The summed E-state index contributed by atoms with van der Waals surface area (Å²) in [4.78, 5) is 14.3. The summed E-state index contributed by atoms with van der Waals surface area (Å²) >= 11 is 0. The summed E-state index contributed by atoms with van der Waals surface area (Å²) < 4.78 is 3.82. The summed E-state index contributed by atoms with van der Waals surface area (Å²) in [6.45, 7) is 6.87. The van der Waals surface area contributed by atoms with Gasteiger partial charge in [-0.2, -0.15) is 5.10 Å². The molecule has 0 saturated carbocycles. The van der Waals surface area contributed by atoms with E-state index in [2.05, 4.69) is 34.5 Å². The SMILES string of the molecule is CC(C)n1cnnc1CN(C)C(=O)Cn1nccc1C1CCCNC1.Cl. The average Bonchev–Trinajstić information content (AvgIpc) is 3.25.